The van der Waals surface area contributed by atoms with Crippen LogP contribution in [0, 0.1) is 0 Å². The van der Waals surface area contributed by atoms with Gasteiger partial charge in [0.15, 0.2) is 13.2 Å². The summed E-state index contributed by atoms with van der Waals surface area (Å²) in [6, 6.07) is 5.21. The van der Waals surface area contributed by atoms with Gasteiger partial charge in [0.05, 0.1) is 5.56 Å². The standard InChI is InChI=1S/C18H12Cl2F6N2O4/c19-9-3-10(20)5-11(4-9)27-16(30)28-15(29)13-6-12(31-7-17(21,22)23)1-2-14(13)32-8-18(24,25)26/h1-6H,7-8H2,(H2,27,28,29,30). The summed E-state index contributed by atoms with van der Waals surface area (Å²) in [4.78, 5) is 24.5. The number of carbonyl (C=O) groups excluding carboxylic acids is 2. The van der Waals surface area contributed by atoms with Crippen molar-refractivity contribution in [3.05, 3.63) is 52.0 Å². The fourth-order valence-electron chi connectivity index (χ4n) is 2.19. The molecule has 6 nitrogen and oxygen atoms in total. The predicted octanol–water partition coefficient (Wildman–Crippen LogP) is 5.84. The van der Waals surface area contributed by atoms with Crippen LogP contribution >= 0.6 is 23.2 Å². The van der Waals surface area contributed by atoms with Crippen LogP contribution in [0.15, 0.2) is 36.4 Å². The van der Waals surface area contributed by atoms with E-state index in [1.165, 1.54) is 18.2 Å². The minimum Gasteiger partial charge on any atom is -0.484 e. The Bertz CT molecular complexity index is 978. The first-order chi connectivity index (χ1) is 14.7. The molecular formula is C18H12Cl2F6N2O4. The van der Waals surface area contributed by atoms with Crippen molar-refractivity contribution < 1.29 is 45.4 Å². The number of hydrogen-bond donors (Lipinski definition) is 2. The zero-order valence-electron chi connectivity index (χ0n) is 15.5. The van der Waals surface area contributed by atoms with Crippen molar-refractivity contribution in [1.82, 2.24) is 5.32 Å². The molecule has 0 heterocycles. The van der Waals surface area contributed by atoms with Crippen LogP contribution in [0.1, 0.15) is 10.4 Å². The number of benzene rings is 2. The SMILES string of the molecule is O=C(NC(=O)c1cc(OCC(F)(F)F)ccc1OCC(F)(F)F)Nc1cc(Cl)cc(Cl)c1. The molecule has 0 aliphatic carbocycles. The Hall–Kier alpha value is -2.86. The number of halogens is 8. The minimum atomic E-state index is -4.76. The third kappa shape index (κ3) is 8.71. The number of imide groups is 1. The summed E-state index contributed by atoms with van der Waals surface area (Å²) in [5, 5.41) is 4.35. The molecule has 2 rings (SSSR count). The van der Waals surface area contributed by atoms with E-state index in [9.17, 15) is 35.9 Å². The number of anilines is 1. The molecule has 0 aliphatic heterocycles. The van der Waals surface area contributed by atoms with Gasteiger partial charge in [-0.2, -0.15) is 26.3 Å². The molecule has 2 aromatic rings. The van der Waals surface area contributed by atoms with Gasteiger partial charge in [0.1, 0.15) is 11.5 Å². The lowest BCUT2D eigenvalue weighted by Gasteiger charge is -2.15. The molecule has 0 aromatic heterocycles. The van der Waals surface area contributed by atoms with Crippen LogP contribution in [0.3, 0.4) is 0 Å². The Morgan fingerprint density at radius 1 is 0.844 bits per heavy atom. The number of hydrogen-bond acceptors (Lipinski definition) is 4. The maximum Gasteiger partial charge on any atom is 0.422 e. The van der Waals surface area contributed by atoms with Crippen LogP contribution in [0.25, 0.3) is 0 Å². The van der Waals surface area contributed by atoms with E-state index in [2.05, 4.69) is 14.8 Å². The fraction of sp³-hybridized carbons (Fsp3) is 0.222. The van der Waals surface area contributed by atoms with Gasteiger partial charge >= 0.3 is 18.4 Å². The number of rotatable bonds is 6. The molecule has 32 heavy (non-hydrogen) atoms. The normalized spacial score (nSPS) is 11.6. The Kier molecular flexibility index (Phi) is 8.07. The van der Waals surface area contributed by atoms with Gasteiger partial charge in [-0.25, -0.2) is 4.79 Å². The van der Waals surface area contributed by atoms with E-state index in [4.69, 9.17) is 23.2 Å². The first-order valence-electron chi connectivity index (χ1n) is 8.33. The molecule has 0 spiro atoms. The molecule has 0 unspecified atom stereocenters. The van der Waals surface area contributed by atoms with E-state index in [1.54, 1.807) is 5.32 Å². The number of carbonyl (C=O) groups is 2. The van der Waals surface area contributed by atoms with Crippen LogP contribution in [0.5, 0.6) is 11.5 Å². The van der Waals surface area contributed by atoms with Crippen LogP contribution < -0.4 is 20.1 Å². The highest BCUT2D eigenvalue weighted by molar-refractivity contribution is 6.35. The van der Waals surface area contributed by atoms with Crippen molar-refractivity contribution in [2.75, 3.05) is 18.5 Å². The predicted molar refractivity (Wildman–Crippen MR) is 102 cm³/mol. The number of amides is 3. The highest BCUT2D eigenvalue weighted by Gasteiger charge is 2.31. The van der Waals surface area contributed by atoms with Gasteiger partial charge in [0, 0.05) is 15.7 Å². The second-order valence-electron chi connectivity index (χ2n) is 6.03. The van der Waals surface area contributed by atoms with Gasteiger partial charge in [-0.3, -0.25) is 10.1 Å². The van der Waals surface area contributed by atoms with E-state index in [1.807, 2.05) is 0 Å². The van der Waals surface area contributed by atoms with Crippen molar-refractivity contribution in [1.29, 1.82) is 0 Å². The quantitative estimate of drug-likeness (QED) is 0.484. The van der Waals surface area contributed by atoms with Crippen LogP contribution in [0.4, 0.5) is 36.8 Å². The van der Waals surface area contributed by atoms with E-state index >= 15 is 0 Å². The van der Waals surface area contributed by atoms with E-state index in [-0.39, 0.29) is 15.7 Å². The Labute approximate surface area is 186 Å². The monoisotopic (exact) mass is 504 g/mol. The lowest BCUT2D eigenvalue weighted by Crippen LogP contribution is -2.34. The van der Waals surface area contributed by atoms with Gasteiger partial charge in [0.2, 0.25) is 0 Å². The molecule has 0 saturated carbocycles. The molecule has 2 N–H and O–H groups in total. The molecule has 0 atom stereocenters. The molecule has 0 aliphatic rings. The average Bonchev–Trinajstić information content (AvgIpc) is 2.62. The summed E-state index contributed by atoms with van der Waals surface area (Å²) in [5.74, 6) is -2.41. The Morgan fingerprint density at radius 2 is 1.41 bits per heavy atom. The summed E-state index contributed by atoms with van der Waals surface area (Å²) in [6.45, 7) is -3.50. The summed E-state index contributed by atoms with van der Waals surface area (Å²) in [5.41, 5.74) is -0.586. The topological polar surface area (TPSA) is 76.7 Å². The second kappa shape index (κ2) is 10.2. The van der Waals surface area contributed by atoms with Crippen molar-refractivity contribution in [2.24, 2.45) is 0 Å². The highest BCUT2D eigenvalue weighted by atomic mass is 35.5. The van der Waals surface area contributed by atoms with Crippen molar-refractivity contribution in [3.63, 3.8) is 0 Å². The van der Waals surface area contributed by atoms with Crippen molar-refractivity contribution in [3.8, 4) is 11.5 Å². The molecule has 0 bridgehead atoms. The summed E-state index contributed by atoms with van der Waals surface area (Å²) in [6.07, 6.45) is -9.46. The first-order valence-corrected chi connectivity index (χ1v) is 9.09. The van der Waals surface area contributed by atoms with E-state index < -0.39 is 54.6 Å². The second-order valence-corrected chi connectivity index (χ2v) is 6.90. The zero-order valence-corrected chi connectivity index (χ0v) is 17.0. The first kappa shape index (κ1) is 25.4. The third-order valence-corrected chi connectivity index (χ3v) is 3.77. The fourth-order valence-corrected chi connectivity index (χ4v) is 2.71. The lowest BCUT2D eigenvalue weighted by molar-refractivity contribution is -0.154. The lowest BCUT2D eigenvalue weighted by atomic mass is 10.1. The van der Waals surface area contributed by atoms with E-state index in [0.717, 1.165) is 12.1 Å². The van der Waals surface area contributed by atoms with Crippen molar-refractivity contribution >= 4 is 40.8 Å². The zero-order chi connectivity index (χ0) is 24.1. The van der Waals surface area contributed by atoms with E-state index in [0.29, 0.717) is 6.07 Å². The van der Waals surface area contributed by atoms with Gasteiger partial charge in [0.25, 0.3) is 5.91 Å². The third-order valence-electron chi connectivity index (χ3n) is 3.34. The maximum absolute atomic E-state index is 12.5. The van der Waals surface area contributed by atoms with Crippen molar-refractivity contribution in [2.45, 2.75) is 12.4 Å². The van der Waals surface area contributed by atoms with Gasteiger partial charge in [-0.1, -0.05) is 23.2 Å². The largest absolute Gasteiger partial charge is 0.484 e. The number of nitrogens with one attached hydrogen (secondary N) is 2. The van der Waals surface area contributed by atoms with Crippen LogP contribution in [0.2, 0.25) is 10.0 Å². The number of alkyl halides is 6. The van der Waals surface area contributed by atoms with Gasteiger partial charge < -0.3 is 14.8 Å². The smallest absolute Gasteiger partial charge is 0.422 e. The van der Waals surface area contributed by atoms with Gasteiger partial charge in [-0.15, -0.1) is 0 Å². The molecule has 0 saturated heterocycles. The Balaban J connectivity index is 2.21. The molecule has 3 amide bonds. The Morgan fingerprint density at radius 3 is 1.97 bits per heavy atom. The molecule has 174 valence electrons. The minimum absolute atomic E-state index is 0.0867. The number of urea groups is 1. The molecule has 14 heteroatoms. The molecule has 0 fully saturated rings. The summed E-state index contributed by atoms with van der Waals surface area (Å²) in [7, 11) is 0. The molecular weight excluding hydrogens is 493 g/mol. The average molecular weight is 505 g/mol. The number of ether oxygens (including phenoxy) is 2. The molecule has 2 aromatic carbocycles. The van der Waals surface area contributed by atoms with Crippen LogP contribution in [-0.4, -0.2) is 37.5 Å². The van der Waals surface area contributed by atoms with Gasteiger partial charge in [-0.05, 0) is 36.4 Å². The highest BCUT2D eigenvalue weighted by Crippen LogP contribution is 2.28. The molecule has 0 radical (unpaired) electrons. The summed E-state index contributed by atoms with van der Waals surface area (Å²) < 4.78 is 83.4. The summed E-state index contributed by atoms with van der Waals surface area (Å²) >= 11 is 11.6. The maximum atomic E-state index is 12.5. The van der Waals surface area contributed by atoms with Crippen LogP contribution in [-0.2, 0) is 0 Å².